The molecular weight excluding hydrogens is 498 g/mol. The minimum atomic E-state index is -0.522. The zero-order valence-electron chi connectivity index (χ0n) is 24.3. The monoisotopic (exact) mass is 545 g/mol. The van der Waals surface area contributed by atoms with Crippen LogP contribution in [0.15, 0.2) is 82.7 Å². The van der Waals surface area contributed by atoms with E-state index in [0.717, 1.165) is 36.1 Å². The van der Waals surface area contributed by atoms with Crippen molar-refractivity contribution in [2.45, 2.75) is 80.6 Å². The van der Waals surface area contributed by atoms with Gasteiger partial charge in [0.2, 0.25) is 0 Å². The van der Waals surface area contributed by atoms with Gasteiger partial charge in [-0.3, -0.25) is 10.1 Å². The lowest BCUT2D eigenvalue weighted by molar-refractivity contribution is -0.384. The minimum Gasteiger partial charge on any atom is -0.398 e. The molecule has 0 aliphatic heterocycles. The lowest BCUT2D eigenvalue weighted by atomic mass is 10.0. The Hall–Kier alpha value is -3.32. The van der Waals surface area contributed by atoms with Crippen molar-refractivity contribution in [1.29, 1.82) is 0 Å². The highest BCUT2D eigenvalue weighted by atomic mass is 35.5. The number of non-ortho nitro benzene ring substituents is 1. The summed E-state index contributed by atoms with van der Waals surface area (Å²) in [5, 5.41) is 10.4. The van der Waals surface area contributed by atoms with Crippen molar-refractivity contribution in [3.8, 4) is 0 Å². The molecule has 0 aliphatic rings. The van der Waals surface area contributed by atoms with Crippen molar-refractivity contribution >= 4 is 28.8 Å². The maximum atomic E-state index is 10.2. The molecule has 38 heavy (non-hydrogen) atoms. The number of allylic oxidation sites excluding steroid dienone is 6. The maximum Gasteiger partial charge on any atom is 0.271 e. The SMILES string of the molecule is C=C/C=C(\C=C/C(C)CC)C(=C/CC)/N=C(N)\C(N)=C(/C)CC.CCCC.Nc1ccc([N+](=O)[O-])cc1Cl. The quantitative estimate of drug-likeness (QED) is 0.0638. The summed E-state index contributed by atoms with van der Waals surface area (Å²) in [5.74, 6) is 0.885. The van der Waals surface area contributed by atoms with Crippen LogP contribution in [0.1, 0.15) is 80.6 Å². The number of anilines is 1. The minimum absolute atomic E-state index is 0.0517. The third-order valence-corrected chi connectivity index (χ3v) is 5.77. The number of unbranched alkanes of at least 4 members (excludes halogenated alkanes) is 1. The van der Waals surface area contributed by atoms with E-state index in [1.54, 1.807) is 6.08 Å². The molecule has 0 heterocycles. The summed E-state index contributed by atoms with van der Waals surface area (Å²) in [4.78, 5) is 14.2. The van der Waals surface area contributed by atoms with Gasteiger partial charge in [0.05, 0.1) is 27.0 Å². The number of nitrogens with zero attached hydrogens (tertiary/aromatic N) is 2. The Kier molecular flexibility index (Phi) is 21.1. The number of aliphatic imine (C=N–C) groups is 1. The Morgan fingerprint density at radius 1 is 1.18 bits per heavy atom. The topological polar surface area (TPSA) is 134 Å². The Bertz CT molecular complexity index is 1020. The van der Waals surface area contributed by atoms with Gasteiger partial charge in [-0.2, -0.15) is 0 Å². The molecule has 0 aromatic heterocycles. The second-order valence-electron chi connectivity index (χ2n) is 8.61. The first-order valence-electron chi connectivity index (χ1n) is 13.1. The lowest BCUT2D eigenvalue weighted by Crippen LogP contribution is -2.22. The summed E-state index contributed by atoms with van der Waals surface area (Å²) in [6, 6.07) is 3.93. The number of nitro benzene ring substituents is 1. The van der Waals surface area contributed by atoms with E-state index < -0.39 is 4.92 Å². The fourth-order valence-corrected chi connectivity index (χ4v) is 2.58. The molecule has 6 N–H and O–H groups in total. The van der Waals surface area contributed by atoms with Crippen LogP contribution in [-0.2, 0) is 0 Å². The fourth-order valence-electron chi connectivity index (χ4n) is 2.41. The molecule has 1 aromatic rings. The number of hydrogen-bond acceptors (Lipinski definition) is 5. The molecule has 1 aromatic carbocycles. The Balaban J connectivity index is 0. The van der Waals surface area contributed by atoms with Crippen LogP contribution >= 0.6 is 11.6 Å². The molecule has 0 aliphatic carbocycles. The highest BCUT2D eigenvalue weighted by molar-refractivity contribution is 6.33. The van der Waals surface area contributed by atoms with Gasteiger partial charge in [-0.25, -0.2) is 4.99 Å². The summed E-state index contributed by atoms with van der Waals surface area (Å²) in [7, 11) is 0. The summed E-state index contributed by atoms with van der Waals surface area (Å²) in [5.41, 5.74) is 21.2. The zero-order valence-corrected chi connectivity index (χ0v) is 25.0. The first-order chi connectivity index (χ1) is 17.9. The van der Waals surface area contributed by atoms with Crippen molar-refractivity contribution in [3.63, 3.8) is 0 Å². The van der Waals surface area contributed by atoms with Gasteiger partial charge in [0.15, 0.2) is 0 Å². The van der Waals surface area contributed by atoms with E-state index in [1.807, 2.05) is 13.0 Å². The van der Waals surface area contributed by atoms with E-state index in [9.17, 15) is 10.1 Å². The van der Waals surface area contributed by atoms with Gasteiger partial charge in [0, 0.05) is 12.1 Å². The van der Waals surface area contributed by atoms with Gasteiger partial charge in [-0.05, 0) is 42.9 Å². The van der Waals surface area contributed by atoms with E-state index in [0.29, 0.717) is 23.1 Å². The molecule has 0 saturated heterocycles. The van der Waals surface area contributed by atoms with Crippen LogP contribution in [0.5, 0.6) is 0 Å². The number of nitro groups is 1. The van der Waals surface area contributed by atoms with Crippen molar-refractivity contribution in [2.75, 3.05) is 5.73 Å². The molecule has 1 atom stereocenters. The number of nitrogen functional groups attached to an aromatic ring is 1. The van der Waals surface area contributed by atoms with Crippen LogP contribution in [0.2, 0.25) is 5.02 Å². The molecule has 0 bridgehead atoms. The van der Waals surface area contributed by atoms with E-state index in [1.165, 1.54) is 31.0 Å². The molecule has 0 spiro atoms. The molecule has 0 amide bonds. The number of halogens is 1. The molecule has 0 fully saturated rings. The number of nitrogens with two attached hydrogens (primary N) is 3. The fraction of sp³-hybridized carbons (Fsp3) is 0.433. The normalized spacial score (nSPS) is 13.5. The van der Waals surface area contributed by atoms with E-state index in [2.05, 4.69) is 71.3 Å². The summed E-state index contributed by atoms with van der Waals surface area (Å²) < 4.78 is 0. The third-order valence-electron chi connectivity index (χ3n) is 5.44. The average Bonchev–Trinajstić information content (AvgIpc) is 2.91. The van der Waals surface area contributed by atoms with Crippen molar-refractivity contribution in [2.24, 2.45) is 22.4 Å². The Morgan fingerprint density at radius 2 is 1.79 bits per heavy atom. The number of amidine groups is 1. The second-order valence-corrected chi connectivity index (χ2v) is 9.01. The van der Waals surface area contributed by atoms with Gasteiger partial charge < -0.3 is 17.2 Å². The Morgan fingerprint density at radius 3 is 2.21 bits per heavy atom. The number of hydrogen-bond donors (Lipinski definition) is 3. The van der Waals surface area contributed by atoms with E-state index in [-0.39, 0.29) is 10.7 Å². The van der Waals surface area contributed by atoms with Gasteiger partial charge in [0.25, 0.3) is 5.69 Å². The molecule has 212 valence electrons. The van der Waals surface area contributed by atoms with Crippen molar-refractivity contribution < 1.29 is 4.92 Å². The molecule has 0 saturated carbocycles. The molecule has 0 radical (unpaired) electrons. The predicted octanol–water partition coefficient (Wildman–Crippen LogP) is 8.63. The lowest BCUT2D eigenvalue weighted by Gasteiger charge is -2.09. The van der Waals surface area contributed by atoms with Gasteiger partial charge in [-0.1, -0.05) is 109 Å². The number of rotatable bonds is 11. The first-order valence-corrected chi connectivity index (χ1v) is 13.5. The maximum absolute atomic E-state index is 10.2. The van der Waals surface area contributed by atoms with Crippen LogP contribution in [0.3, 0.4) is 0 Å². The van der Waals surface area contributed by atoms with Gasteiger partial charge in [0.1, 0.15) is 5.84 Å². The van der Waals surface area contributed by atoms with Crippen LogP contribution in [0.25, 0.3) is 0 Å². The van der Waals surface area contributed by atoms with Crippen LogP contribution in [0.4, 0.5) is 11.4 Å². The molecular formula is C30H48ClN5O2. The Labute approximate surface area is 235 Å². The summed E-state index contributed by atoms with van der Waals surface area (Å²) >= 11 is 5.53. The highest BCUT2D eigenvalue weighted by Gasteiger charge is 2.07. The first kappa shape index (κ1) is 36.8. The smallest absolute Gasteiger partial charge is 0.271 e. The van der Waals surface area contributed by atoms with Crippen LogP contribution in [0, 0.1) is 16.0 Å². The second kappa shape index (κ2) is 21.7. The molecule has 7 nitrogen and oxygen atoms in total. The zero-order chi connectivity index (χ0) is 29.7. The standard InChI is InChI=1S/C20H33N3.C6H5ClN2O2.C4H10/c1-7-11-17(14-13-15(5)9-3)18(12-8-2)23-20(22)19(21)16(6)10-4;7-5-3-4(9(10)11)1-2-6(5)8;1-3-4-2/h7,11-15H,1,8-10,21H2,2-6H3,(H2,22,23);1-3H,8H2;3-4H2,1-2H3/b14-13-,17-11+,18-12-,19-16-;;. The average molecular weight is 546 g/mol. The van der Waals surface area contributed by atoms with E-state index in [4.69, 9.17) is 28.8 Å². The highest BCUT2D eigenvalue weighted by Crippen LogP contribution is 2.23. The summed E-state index contributed by atoms with van der Waals surface area (Å²) in [6.45, 7) is 18.6. The van der Waals surface area contributed by atoms with E-state index >= 15 is 0 Å². The molecule has 8 heteroatoms. The van der Waals surface area contributed by atoms with Crippen LogP contribution in [-0.4, -0.2) is 10.8 Å². The van der Waals surface area contributed by atoms with Gasteiger partial charge in [-0.15, -0.1) is 0 Å². The molecule has 1 unspecified atom stereocenters. The van der Waals surface area contributed by atoms with Crippen molar-refractivity contribution in [3.05, 3.63) is 92.8 Å². The predicted molar refractivity (Wildman–Crippen MR) is 167 cm³/mol. The van der Waals surface area contributed by atoms with Gasteiger partial charge >= 0.3 is 0 Å². The van der Waals surface area contributed by atoms with Crippen LogP contribution < -0.4 is 17.2 Å². The van der Waals surface area contributed by atoms with Crippen molar-refractivity contribution in [1.82, 2.24) is 0 Å². The summed E-state index contributed by atoms with van der Waals surface area (Å²) in [6.07, 6.45) is 15.5. The molecule has 1 rings (SSSR count). The third kappa shape index (κ3) is 15.7. The largest absolute Gasteiger partial charge is 0.398 e. The number of benzene rings is 1.